The average Bonchev–Trinajstić information content (AvgIpc) is 2.68. The van der Waals surface area contributed by atoms with E-state index in [1.807, 2.05) is 0 Å². The van der Waals surface area contributed by atoms with E-state index in [2.05, 4.69) is 5.32 Å². The summed E-state index contributed by atoms with van der Waals surface area (Å²) in [7, 11) is -2.51. The van der Waals surface area contributed by atoms with Crippen molar-refractivity contribution >= 4 is 33.0 Å². The minimum Gasteiger partial charge on any atom is -0.497 e. The van der Waals surface area contributed by atoms with E-state index >= 15 is 0 Å². The number of nitrogens with one attached hydrogen (secondary N) is 1. The van der Waals surface area contributed by atoms with Crippen molar-refractivity contribution in [3.63, 3.8) is 0 Å². The molecule has 144 valence electrons. The molecule has 28 heavy (non-hydrogen) atoms. The number of halogens is 2. The summed E-state index contributed by atoms with van der Waals surface area (Å²) in [5.41, 5.74) is -0.00688. The van der Waals surface area contributed by atoms with Gasteiger partial charge in [-0.25, -0.2) is 12.8 Å². The van der Waals surface area contributed by atoms with Gasteiger partial charge in [-0.2, -0.15) is 0 Å². The van der Waals surface area contributed by atoms with E-state index in [0.29, 0.717) is 5.02 Å². The maximum absolute atomic E-state index is 13.8. The second-order valence-electron chi connectivity index (χ2n) is 5.79. The lowest BCUT2D eigenvalue weighted by atomic mass is 10.2. The number of hydrogen-bond acceptors (Lipinski definition) is 4. The Hall–Kier alpha value is -2.90. The number of rotatable bonds is 5. The van der Waals surface area contributed by atoms with Crippen LogP contribution in [-0.4, -0.2) is 21.4 Å². The molecule has 1 N–H and O–H groups in total. The fourth-order valence-electron chi connectivity index (χ4n) is 2.51. The second kappa shape index (κ2) is 8.00. The van der Waals surface area contributed by atoms with Crippen molar-refractivity contribution in [1.29, 1.82) is 0 Å². The van der Waals surface area contributed by atoms with Gasteiger partial charge >= 0.3 is 0 Å². The molecule has 3 aromatic rings. The maximum atomic E-state index is 13.8. The Kier molecular flexibility index (Phi) is 5.67. The van der Waals surface area contributed by atoms with Crippen LogP contribution in [0.1, 0.15) is 10.4 Å². The van der Waals surface area contributed by atoms with Crippen LogP contribution >= 0.6 is 11.6 Å². The lowest BCUT2D eigenvalue weighted by Gasteiger charge is -2.12. The molecule has 0 aliphatic rings. The van der Waals surface area contributed by atoms with E-state index in [9.17, 15) is 17.6 Å². The molecule has 3 aromatic carbocycles. The summed E-state index contributed by atoms with van der Waals surface area (Å²) in [6.07, 6.45) is 0. The summed E-state index contributed by atoms with van der Waals surface area (Å²) in [5.74, 6) is -1.17. The van der Waals surface area contributed by atoms with Gasteiger partial charge in [0.25, 0.3) is 5.91 Å². The van der Waals surface area contributed by atoms with Gasteiger partial charge < -0.3 is 10.1 Å². The Morgan fingerprint density at radius 2 is 1.68 bits per heavy atom. The predicted octanol–water partition coefficient (Wildman–Crippen LogP) is 4.57. The van der Waals surface area contributed by atoms with Gasteiger partial charge in [0.05, 0.1) is 22.5 Å². The summed E-state index contributed by atoms with van der Waals surface area (Å²) >= 11 is 5.82. The van der Waals surface area contributed by atoms with Crippen LogP contribution in [0.3, 0.4) is 0 Å². The minimum atomic E-state index is -3.88. The van der Waals surface area contributed by atoms with Gasteiger partial charge in [-0.15, -0.1) is 0 Å². The lowest BCUT2D eigenvalue weighted by Crippen LogP contribution is -2.14. The fourth-order valence-corrected chi connectivity index (χ4v) is 3.96. The molecule has 0 bridgehead atoms. The van der Waals surface area contributed by atoms with Crippen LogP contribution in [0.4, 0.5) is 10.1 Å². The first kappa shape index (κ1) is 19.9. The van der Waals surface area contributed by atoms with Gasteiger partial charge in [0, 0.05) is 16.8 Å². The molecule has 0 atom stereocenters. The fraction of sp³-hybridized carbons (Fsp3) is 0.0500. The van der Waals surface area contributed by atoms with Gasteiger partial charge in [-0.3, -0.25) is 4.79 Å². The Labute approximate surface area is 166 Å². The third-order valence-corrected chi connectivity index (χ3v) is 5.93. The number of carbonyl (C=O) groups excluding carboxylic acids is 1. The summed E-state index contributed by atoms with van der Waals surface area (Å²) in [6.45, 7) is 0. The van der Waals surface area contributed by atoms with Crippen LogP contribution in [0.15, 0.2) is 76.5 Å². The topological polar surface area (TPSA) is 72.5 Å². The predicted molar refractivity (Wildman–Crippen MR) is 104 cm³/mol. The lowest BCUT2D eigenvalue weighted by molar-refractivity contribution is 0.102. The molecule has 0 unspecified atom stereocenters. The Bertz CT molecular complexity index is 1130. The molecule has 0 heterocycles. The highest BCUT2D eigenvalue weighted by Crippen LogP contribution is 2.29. The number of ether oxygens (including phenoxy) is 1. The molecule has 3 rings (SSSR count). The summed E-state index contributed by atoms with van der Waals surface area (Å²) in [5, 5.41) is 2.91. The zero-order valence-electron chi connectivity index (χ0n) is 14.6. The van der Waals surface area contributed by atoms with E-state index in [-0.39, 0.29) is 26.8 Å². The quantitative estimate of drug-likeness (QED) is 0.657. The molecule has 0 spiro atoms. The number of anilines is 1. The molecule has 0 aliphatic heterocycles. The summed E-state index contributed by atoms with van der Waals surface area (Å²) in [6, 6.07) is 15.3. The molecule has 8 heteroatoms. The van der Waals surface area contributed by atoms with Crippen molar-refractivity contribution in [2.75, 3.05) is 12.4 Å². The third-order valence-electron chi connectivity index (χ3n) is 3.93. The maximum Gasteiger partial charge on any atom is 0.258 e. The molecule has 0 aliphatic carbocycles. The SMILES string of the molecule is COc1cc(NC(=O)c2ccccc2F)cc(S(=O)(=O)c2ccc(Cl)cc2)c1. The van der Waals surface area contributed by atoms with Crippen molar-refractivity contribution in [2.45, 2.75) is 9.79 Å². The first-order chi connectivity index (χ1) is 13.3. The monoisotopic (exact) mass is 419 g/mol. The molecule has 0 fully saturated rings. The van der Waals surface area contributed by atoms with Crippen LogP contribution in [-0.2, 0) is 9.84 Å². The van der Waals surface area contributed by atoms with Crippen molar-refractivity contribution < 1.29 is 22.3 Å². The number of benzene rings is 3. The Morgan fingerprint density at radius 3 is 2.32 bits per heavy atom. The van der Waals surface area contributed by atoms with Crippen molar-refractivity contribution in [2.24, 2.45) is 0 Å². The van der Waals surface area contributed by atoms with Crippen LogP contribution in [0, 0.1) is 5.82 Å². The molecule has 1 amide bonds. The minimum absolute atomic E-state index is 0.0385. The van der Waals surface area contributed by atoms with Gasteiger partial charge in [0.1, 0.15) is 11.6 Å². The highest BCUT2D eigenvalue weighted by Gasteiger charge is 2.20. The van der Waals surface area contributed by atoms with Crippen LogP contribution in [0.25, 0.3) is 0 Å². The van der Waals surface area contributed by atoms with Gasteiger partial charge in [-0.1, -0.05) is 23.7 Å². The Morgan fingerprint density at radius 1 is 1.00 bits per heavy atom. The largest absolute Gasteiger partial charge is 0.497 e. The average molecular weight is 420 g/mol. The van der Waals surface area contributed by atoms with Crippen molar-refractivity contribution in [3.05, 3.63) is 83.1 Å². The van der Waals surface area contributed by atoms with Crippen LogP contribution in [0.2, 0.25) is 5.02 Å². The highest BCUT2D eigenvalue weighted by molar-refractivity contribution is 7.91. The highest BCUT2D eigenvalue weighted by atomic mass is 35.5. The number of hydrogen-bond donors (Lipinski definition) is 1. The first-order valence-corrected chi connectivity index (χ1v) is 9.93. The molecule has 0 radical (unpaired) electrons. The molecular weight excluding hydrogens is 405 g/mol. The zero-order chi connectivity index (χ0) is 20.3. The van der Waals surface area contributed by atoms with E-state index in [1.165, 1.54) is 67.8 Å². The van der Waals surface area contributed by atoms with Crippen LogP contribution < -0.4 is 10.1 Å². The van der Waals surface area contributed by atoms with E-state index in [4.69, 9.17) is 16.3 Å². The van der Waals surface area contributed by atoms with Crippen molar-refractivity contribution in [1.82, 2.24) is 0 Å². The molecule has 0 saturated carbocycles. The van der Waals surface area contributed by atoms with Crippen molar-refractivity contribution in [3.8, 4) is 5.75 Å². The van der Waals surface area contributed by atoms with Gasteiger partial charge in [0.15, 0.2) is 0 Å². The number of methoxy groups -OCH3 is 1. The summed E-state index contributed by atoms with van der Waals surface area (Å²) < 4.78 is 44.8. The molecule has 5 nitrogen and oxygen atoms in total. The van der Waals surface area contributed by atoms with Gasteiger partial charge in [0.2, 0.25) is 9.84 Å². The zero-order valence-corrected chi connectivity index (χ0v) is 16.2. The number of carbonyl (C=O) groups is 1. The molecular formula is C20H15ClFNO4S. The van der Waals surface area contributed by atoms with Gasteiger partial charge in [-0.05, 0) is 48.5 Å². The Balaban J connectivity index is 1.99. The standard InChI is InChI=1S/C20H15ClFNO4S/c1-27-15-10-14(23-20(24)18-4-2-3-5-19(18)22)11-17(12-15)28(25,26)16-8-6-13(21)7-9-16/h2-12H,1H3,(H,23,24). The van der Waals surface area contributed by atoms with E-state index in [0.717, 1.165) is 6.07 Å². The number of amides is 1. The van der Waals surface area contributed by atoms with Crippen LogP contribution in [0.5, 0.6) is 5.75 Å². The normalized spacial score (nSPS) is 11.1. The smallest absolute Gasteiger partial charge is 0.258 e. The first-order valence-electron chi connectivity index (χ1n) is 8.07. The van der Waals surface area contributed by atoms with E-state index < -0.39 is 21.6 Å². The van der Waals surface area contributed by atoms with E-state index in [1.54, 1.807) is 0 Å². The summed E-state index contributed by atoms with van der Waals surface area (Å²) in [4.78, 5) is 12.3. The third kappa shape index (κ3) is 4.16. The number of sulfone groups is 1. The second-order valence-corrected chi connectivity index (χ2v) is 8.17. The molecule has 0 saturated heterocycles. The molecule has 0 aromatic heterocycles.